The lowest BCUT2D eigenvalue weighted by Gasteiger charge is -2.36. The van der Waals surface area contributed by atoms with Gasteiger partial charge in [-0.15, -0.1) is 11.3 Å². The Hall–Kier alpha value is -2.47. The Kier molecular flexibility index (Phi) is 8.54. The van der Waals surface area contributed by atoms with Gasteiger partial charge in [0.25, 0.3) is 0 Å². The minimum Gasteiger partial charge on any atom is -0.352 e. The van der Waals surface area contributed by atoms with Crippen LogP contribution < -0.4 is 4.90 Å². The van der Waals surface area contributed by atoms with Crippen LogP contribution in [0.2, 0.25) is 0 Å². The van der Waals surface area contributed by atoms with E-state index in [0.717, 1.165) is 55.5 Å². The Bertz CT molecular complexity index is 1090. The number of amides is 1. The summed E-state index contributed by atoms with van der Waals surface area (Å²) in [6.07, 6.45) is 8.73. The largest absolute Gasteiger partial charge is 0.352 e. The number of rotatable bonds is 10. The van der Waals surface area contributed by atoms with Crippen LogP contribution in [0.15, 0.2) is 30.3 Å². The first-order chi connectivity index (χ1) is 16.6. The minimum atomic E-state index is 0.315. The molecule has 6 heteroatoms. The highest BCUT2D eigenvalue weighted by molar-refractivity contribution is 7.18. The summed E-state index contributed by atoms with van der Waals surface area (Å²) in [5.74, 6) is 2.23. The number of thiophene rings is 1. The fourth-order valence-electron chi connectivity index (χ4n) is 4.74. The molecular weight excluding hydrogens is 440 g/mol. The maximum absolute atomic E-state index is 12.7. The van der Waals surface area contributed by atoms with Crippen molar-refractivity contribution in [3.05, 3.63) is 52.2 Å². The monoisotopic (exact) mass is 478 g/mol. The van der Waals surface area contributed by atoms with E-state index in [4.69, 9.17) is 9.97 Å². The number of carbonyl (C=O) groups is 1. The number of hydrogen-bond acceptors (Lipinski definition) is 5. The highest BCUT2D eigenvalue weighted by Gasteiger charge is 2.25. The first-order valence-corrected chi connectivity index (χ1v) is 13.7. The zero-order valence-electron chi connectivity index (χ0n) is 21.0. The first kappa shape index (κ1) is 24.6. The van der Waals surface area contributed by atoms with E-state index >= 15 is 0 Å². The summed E-state index contributed by atoms with van der Waals surface area (Å²) in [5.41, 5.74) is 2.51. The van der Waals surface area contributed by atoms with E-state index in [1.807, 2.05) is 6.07 Å². The Balaban J connectivity index is 1.42. The number of aryl methyl sites for hydroxylation is 2. The zero-order chi connectivity index (χ0) is 23.9. The lowest BCUT2D eigenvalue weighted by Crippen LogP contribution is -2.49. The molecule has 1 aliphatic heterocycles. The van der Waals surface area contributed by atoms with Crippen molar-refractivity contribution in [1.29, 1.82) is 0 Å². The van der Waals surface area contributed by atoms with Gasteiger partial charge in [-0.1, -0.05) is 69.4 Å². The van der Waals surface area contributed by atoms with Crippen LogP contribution in [0.3, 0.4) is 0 Å². The average molecular weight is 479 g/mol. The molecule has 1 saturated heterocycles. The van der Waals surface area contributed by atoms with E-state index in [-0.39, 0.29) is 0 Å². The van der Waals surface area contributed by atoms with Crippen molar-refractivity contribution in [3.8, 4) is 0 Å². The molecule has 182 valence electrons. The highest BCUT2D eigenvalue weighted by atomic mass is 32.1. The molecule has 0 aliphatic carbocycles. The van der Waals surface area contributed by atoms with Crippen LogP contribution in [-0.4, -0.2) is 47.0 Å². The van der Waals surface area contributed by atoms with E-state index in [9.17, 15) is 4.79 Å². The highest BCUT2D eigenvalue weighted by Crippen LogP contribution is 2.35. The first-order valence-electron chi connectivity index (χ1n) is 12.9. The van der Waals surface area contributed by atoms with E-state index in [2.05, 4.69) is 54.8 Å². The van der Waals surface area contributed by atoms with Crippen molar-refractivity contribution in [1.82, 2.24) is 14.9 Å². The number of unbranched alkanes of at least 4 members (excludes halogenated alkanes) is 5. The molecule has 1 aliphatic rings. The van der Waals surface area contributed by atoms with Crippen LogP contribution in [0.4, 0.5) is 5.82 Å². The van der Waals surface area contributed by atoms with Gasteiger partial charge in [0.1, 0.15) is 16.5 Å². The number of anilines is 1. The normalized spacial score (nSPS) is 14.2. The Morgan fingerprint density at radius 2 is 1.65 bits per heavy atom. The van der Waals surface area contributed by atoms with Gasteiger partial charge in [-0.05, 0) is 31.4 Å². The number of carbonyl (C=O) groups excluding carboxylic acids is 1. The number of hydrogen-bond donors (Lipinski definition) is 0. The van der Waals surface area contributed by atoms with Gasteiger partial charge in [-0.25, -0.2) is 9.97 Å². The number of fused-ring (bicyclic) bond motifs is 1. The average Bonchev–Trinajstić information content (AvgIpc) is 3.14. The summed E-state index contributed by atoms with van der Waals surface area (Å²) in [5, 5.41) is 1.19. The molecule has 4 rings (SSSR count). The second kappa shape index (κ2) is 11.8. The molecule has 1 amide bonds. The molecular formula is C28H38N4OS. The van der Waals surface area contributed by atoms with Crippen LogP contribution in [-0.2, 0) is 11.2 Å². The lowest BCUT2D eigenvalue weighted by molar-refractivity contribution is -0.131. The molecule has 2 aromatic heterocycles. The second-order valence-corrected chi connectivity index (χ2v) is 10.7. The van der Waals surface area contributed by atoms with Crippen molar-refractivity contribution >= 4 is 33.3 Å². The van der Waals surface area contributed by atoms with Gasteiger partial charge in [0.05, 0.1) is 5.39 Å². The summed E-state index contributed by atoms with van der Waals surface area (Å²) in [6, 6.07) is 10.4. The van der Waals surface area contributed by atoms with Crippen molar-refractivity contribution in [2.45, 2.75) is 72.1 Å². The molecule has 0 saturated carbocycles. The standard InChI is InChI=1S/C28H38N4OS/c1-4-5-6-7-8-12-15-25(33)31-16-18-32(19-17-31)27-26-21(2)22(3)34-28(26)30-24(29-27)20-23-13-10-9-11-14-23/h9-11,13-14H,4-8,12,15-20H2,1-3H3. The Labute approximate surface area is 208 Å². The third-order valence-electron chi connectivity index (χ3n) is 6.94. The lowest BCUT2D eigenvalue weighted by atomic mass is 10.1. The van der Waals surface area contributed by atoms with Crippen molar-refractivity contribution in [2.75, 3.05) is 31.1 Å². The van der Waals surface area contributed by atoms with Crippen LogP contribution in [0.1, 0.15) is 73.7 Å². The van der Waals surface area contributed by atoms with Gasteiger partial charge in [-0.2, -0.15) is 0 Å². The number of nitrogens with zero attached hydrogens (tertiary/aromatic N) is 4. The molecule has 0 atom stereocenters. The molecule has 3 heterocycles. The summed E-state index contributed by atoms with van der Waals surface area (Å²) >= 11 is 1.76. The molecule has 34 heavy (non-hydrogen) atoms. The molecule has 0 radical (unpaired) electrons. The van der Waals surface area contributed by atoms with Gasteiger partial charge in [-0.3, -0.25) is 4.79 Å². The molecule has 0 unspecified atom stereocenters. The van der Waals surface area contributed by atoms with E-state index in [0.29, 0.717) is 12.3 Å². The number of piperazine rings is 1. The predicted octanol–water partition coefficient (Wildman–Crippen LogP) is 6.30. The van der Waals surface area contributed by atoms with Crippen molar-refractivity contribution < 1.29 is 4.79 Å². The molecule has 1 aromatic carbocycles. The Morgan fingerprint density at radius 3 is 2.38 bits per heavy atom. The van der Waals surface area contributed by atoms with Gasteiger partial charge in [0.15, 0.2) is 0 Å². The fourth-order valence-corrected chi connectivity index (χ4v) is 5.78. The number of aromatic nitrogens is 2. The molecule has 3 aromatic rings. The number of benzene rings is 1. The topological polar surface area (TPSA) is 49.3 Å². The smallest absolute Gasteiger partial charge is 0.222 e. The van der Waals surface area contributed by atoms with E-state index in [1.165, 1.54) is 53.5 Å². The van der Waals surface area contributed by atoms with Crippen LogP contribution in [0.5, 0.6) is 0 Å². The van der Waals surface area contributed by atoms with Gasteiger partial charge in [0, 0.05) is 43.9 Å². The van der Waals surface area contributed by atoms with Crippen molar-refractivity contribution in [3.63, 3.8) is 0 Å². The fraction of sp³-hybridized carbons (Fsp3) is 0.536. The molecule has 0 N–H and O–H groups in total. The van der Waals surface area contributed by atoms with E-state index in [1.54, 1.807) is 11.3 Å². The molecule has 0 spiro atoms. The molecule has 1 fully saturated rings. The third-order valence-corrected chi connectivity index (χ3v) is 8.04. The van der Waals surface area contributed by atoms with Crippen LogP contribution in [0.25, 0.3) is 10.2 Å². The SMILES string of the molecule is CCCCCCCCC(=O)N1CCN(c2nc(Cc3ccccc3)nc3sc(C)c(C)c23)CC1. The van der Waals surface area contributed by atoms with Crippen LogP contribution in [0, 0.1) is 13.8 Å². The van der Waals surface area contributed by atoms with Gasteiger partial charge >= 0.3 is 0 Å². The third kappa shape index (κ3) is 5.96. The summed E-state index contributed by atoms with van der Waals surface area (Å²) in [7, 11) is 0. The Morgan fingerprint density at radius 1 is 0.941 bits per heavy atom. The summed E-state index contributed by atoms with van der Waals surface area (Å²) < 4.78 is 0. The molecule has 0 bridgehead atoms. The van der Waals surface area contributed by atoms with Gasteiger partial charge < -0.3 is 9.80 Å². The maximum Gasteiger partial charge on any atom is 0.222 e. The summed E-state index contributed by atoms with van der Waals surface area (Å²) in [4.78, 5) is 29.5. The summed E-state index contributed by atoms with van der Waals surface area (Å²) in [6.45, 7) is 9.79. The quantitative estimate of drug-likeness (QED) is 0.321. The minimum absolute atomic E-state index is 0.315. The van der Waals surface area contributed by atoms with Gasteiger partial charge in [0.2, 0.25) is 5.91 Å². The zero-order valence-corrected chi connectivity index (χ0v) is 21.8. The van der Waals surface area contributed by atoms with Crippen LogP contribution >= 0.6 is 11.3 Å². The van der Waals surface area contributed by atoms with E-state index < -0.39 is 0 Å². The predicted molar refractivity (Wildman–Crippen MR) is 143 cm³/mol. The second-order valence-electron chi connectivity index (χ2n) is 9.47. The van der Waals surface area contributed by atoms with Crippen molar-refractivity contribution in [2.24, 2.45) is 0 Å². The molecule has 5 nitrogen and oxygen atoms in total. The maximum atomic E-state index is 12.7.